The zero-order valence-corrected chi connectivity index (χ0v) is 9.49. The average molecular weight is 250 g/mol. The Balaban J connectivity index is 2.36. The van der Waals surface area contributed by atoms with Crippen LogP contribution in [-0.2, 0) is 0 Å². The maximum atomic E-state index is 12.9. The monoisotopic (exact) mass is 250 g/mol. The lowest BCUT2D eigenvalue weighted by Gasteiger charge is -2.28. The fourth-order valence-corrected chi connectivity index (χ4v) is 2.23. The molecule has 2 nitrogen and oxygen atoms in total. The summed E-state index contributed by atoms with van der Waals surface area (Å²) in [5.41, 5.74) is 0.902. The van der Waals surface area contributed by atoms with Gasteiger partial charge >= 0.3 is 6.18 Å². The molecule has 1 aliphatic rings. The lowest BCUT2D eigenvalue weighted by atomic mass is 10.0. The number of anilines is 1. The van der Waals surface area contributed by atoms with Crippen LogP contribution in [0, 0.1) is 0 Å². The summed E-state index contributed by atoms with van der Waals surface area (Å²) in [6.07, 6.45) is -4.45. The number of alkyl halides is 3. The Morgan fingerprint density at radius 1 is 1.06 bits per heavy atom. The third-order valence-electron chi connectivity index (χ3n) is 3.02. The van der Waals surface area contributed by atoms with Crippen LogP contribution in [0.15, 0.2) is 41.4 Å². The van der Waals surface area contributed by atoms with Crippen LogP contribution in [0.25, 0.3) is 10.8 Å². The van der Waals surface area contributed by atoms with Crippen molar-refractivity contribution in [3.63, 3.8) is 0 Å². The zero-order valence-electron chi connectivity index (χ0n) is 9.49. The molecule has 2 aromatic carbocycles. The second kappa shape index (κ2) is 3.48. The molecule has 0 saturated carbocycles. The number of amidine groups is 1. The molecule has 0 fully saturated rings. The molecule has 1 heterocycles. The summed E-state index contributed by atoms with van der Waals surface area (Å²) in [6, 6.07) is 10.5. The summed E-state index contributed by atoms with van der Waals surface area (Å²) in [7, 11) is 1.39. The highest BCUT2D eigenvalue weighted by atomic mass is 19.4. The first-order valence-electron chi connectivity index (χ1n) is 5.40. The van der Waals surface area contributed by atoms with Gasteiger partial charge in [0.05, 0.1) is 11.4 Å². The van der Waals surface area contributed by atoms with Gasteiger partial charge in [-0.25, -0.2) is 4.99 Å². The summed E-state index contributed by atoms with van der Waals surface area (Å²) in [4.78, 5) is 4.83. The van der Waals surface area contributed by atoms with Crippen LogP contribution >= 0.6 is 0 Å². The van der Waals surface area contributed by atoms with E-state index in [0.717, 1.165) is 15.7 Å². The second-order valence-corrected chi connectivity index (χ2v) is 4.14. The molecule has 0 unspecified atom stereocenters. The Labute approximate surface area is 101 Å². The van der Waals surface area contributed by atoms with Gasteiger partial charge in [0, 0.05) is 12.4 Å². The highest BCUT2D eigenvalue weighted by Crippen LogP contribution is 2.40. The van der Waals surface area contributed by atoms with Crippen molar-refractivity contribution in [2.45, 2.75) is 6.18 Å². The maximum absolute atomic E-state index is 12.9. The molecule has 18 heavy (non-hydrogen) atoms. The van der Waals surface area contributed by atoms with Crippen molar-refractivity contribution < 1.29 is 13.2 Å². The largest absolute Gasteiger partial charge is 0.449 e. The molecular formula is C13H9F3N2. The van der Waals surface area contributed by atoms with E-state index in [1.807, 2.05) is 12.1 Å². The molecule has 5 heteroatoms. The molecule has 0 bridgehead atoms. The fraction of sp³-hybridized carbons (Fsp3) is 0.154. The highest BCUT2D eigenvalue weighted by Gasteiger charge is 2.41. The van der Waals surface area contributed by atoms with E-state index in [2.05, 4.69) is 4.99 Å². The van der Waals surface area contributed by atoms with Crippen molar-refractivity contribution >= 4 is 28.0 Å². The van der Waals surface area contributed by atoms with Gasteiger partial charge in [0.25, 0.3) is 0 Å². The van der Waals surface area contributed by atoms with Gasteiger partial charge in [-0.1, -0.05) is 24.3 Å². The number of rotatable bonds is 0. The molecule has 0 N–H and O–H groups in total. The summed E-state index contributed by atoms with van der Waals surface area (Å²) in [6.45, 7) is 0. The summed E-state index contributed by atoms with van der Waals surface area (Å²) in [5.74, 6) is -0.881. The number of hydrogen-bond donors (Lipinski definition) is 0. The minimum atomic E-state index is -4.45. The molecule has 1 aliphatic heterocycles. The maximum Gasteiger partial charge on any atom is 0.449 e. The van der Waals surface area contributed by atoms with Crippen molar-refractivity contribution in [1.82, 2.24) is 0 Å². The van der Waals surface area contributed by atoms with Gasteiger partial charge in [-0.3, -0.25) is 0 Å². The predicted octanol–water partition coefficient (Wildman–Crippen LogP) is 3.88. The molecule has 0 radical (unpaired) electrons. The quantitative estimate of drug-likeness (QED) is 0.692. The topological polar surface area (TPSA) is 15.6 Å². The van der Waals surface area contributed by atoms with E-state index in [-0.39, 0.29) is 0 Å². The molecule has 92 valence electrons. The third kappa shape index (κ3) is 1.47. The van der Waals surface area contributed by atoms with E-state index in [1.165, 1.54) is 7.05 Å². The molecule has 0 saturated heterocycles. The first kappa shape index (κ1) is 11.1. The van der Waals surface area contributed by atoms with Gasteiger partial charge in [-0.15, -0.1) is 0 Å². The second-order valence-electron chi connectivity index (χ2n) is 4.14. The molecular weight excluding hydrogens is 241 g/mol. The van der Waals surface area contributed by atoms with E-state index in [0.29, 0.717) is 11.4 Å². The number of halogens is 3. The standard InChI is InChI=1S/C13H9F3N2/c1-18-10-7-3-5-8-4-2-6-9(11(8)10)17-12(18)13(14,15)16/h2-7H,1H3. The summed E-state index contributed by atoms with van der Waals surface area (Å²) >= 11 is 0. The molecule has 0 atom stereocenters. The van der Waals surface area contributed by atoms with Crippen molar-refractivity contribution in [2.24, 2.45) is 4.99 Å². The van der Waals surface area contributed by atoms with Gasteiger partial charge in [-0.2, -0.15) is 13.2 Å². The van der Waals surface area contributed by atoms with Crippen LogP contribution in [-0.4, -0.2) is 19.1 Å². The Bertz CT molecular complexity index is 654. The van der Waals surface area contributed by atoms with Crippen molar-refractivity contribution in [2.75, 3.05) is 11.9 Å². The van der Waals surface area contributed by atoms with Crippen molar-refractivity contribution in [3.8, 4) is 0 Å². The van der Waals surface area contributed by atoms with E-state index in [4.69, 9.17) is 0 Å². The summed E-state index contributed by atoms with van der Waals surface area (Å²) in [5, 5.41) is 1.65. The van der Waals surface area contributed by atoms with Crippen molar-refractivity contribution in [3.05, 3.63) is 36.4 Å². The molecule has 0 aromatic heterocycles. The van der Waals surface area contributed by atoms with E-state index in [1.54, 1.807) is 24.3 Å². The summed E-state index contributed by atoms with van der Waals surface area (Å²) < 4.78 is 38.7. The molecule has 0 amide bonds. The van der Waals surface area contributed by atoms with Gasteiger partial charge in [-0.05, 0) is 17.5 Å². The number of benzene rings is 2. The third-order valence-corrected chi connectivity index (χ3v) is 3.02. The van der Waals surface area contributed by atoms with Crippen LogP contribution in [0.4, 0.5) is 24.5 Å². The van der Waals surface area contributed by atoms with Crippen molar-refractivity contribution in [1.29, 1.82) is 0 Å². The smallest absolute Gasteiger partial charge is 0.325 e. The minimum absolute atomic E-state index is 0.369. The first-order valence-corrected chi connectivity index (χ1v) is 5.40. The number of hydrogen-bond acceptors (Lipinski definition) is 2. The average Bonchev–Trinajstić information content (AvgIpc) is 2.32. The van der Waals surface area contributed by atoms with Gasteiger partial charge in [0.15, 0.2) is 0 Å². The normalized spacial score (nSPS) is 14.9. The van der Waals surface area contributed by atoms with Crippen LogP contribution in [0.3, 0.4) is 0 Å². The highest BCUT2D eigenvalue weighted by molar-refractivity contribution is 6.16. The van der Waals surface area contributed by atoms with Crippen LogP contribution in [0.2, 0.25) is 0 Å². The van der Waals surface area contributed by atoms with Gasteiger partial charge < -0.3 is 4.90 Å². The molecule has 0 aliphatic carbocycles. The Hall–Kier alpha value is -2.04. The van der Waals surface area contributed by atoms with E-state index < -0.39 is 12.0 Å². The number of nitrogens with zero attached hydrogens (tertiary/aromatic N) is 2. The fourth-order valence-electron chi connectivity index (χ4n) is 2.23. The van der Waals surface area contributed by atoms with Crippen LogP contribution in [0.5, 0.6) is 0 Å². The Morgan fingerprint density at radius 2 is 1.72 bits per heavy atom. The Kier molecular flexibility index (Phi) is 2.14. The lowest BCUT2D eigenvalue weighted by molar-refractivity contribution is -0.0599. The van der Waals surface area contributed by atoms with Gasteiger partial charge in [0.1, 0.15) is 0 Å². The zero-order chi connectivity index (χ0) is 12.9. The van der Waals surface area contributed by atoms with Crippen LogP contribution in [0.1, 0.15) is 0 Å². The van der Waals surface area contributed by atoms with Gasteiger partial charge in [0.2, 0.25) is 5.84 Å². The SMILES string of the molecule is CN1C(C(F)(F)F)=Nc2cccc3cccc1c23. The molecule has 0 spiro atoms. The first-order chi connectivity index (χ1) is 8.48. The Morgan fingerprint density at radius 3 is 2.39 bits per heavy atom. The molecule has 3 rings (SSSR count). The van der Waals surface area contributed by atoms with E-state index in [9.17, 15) is 13.2 Å². The van der Waals surface area contributed by atoms with Crippen LogP contribution < -0.4 is 4.90 Å². The van der Waals surface area contributed by atoms with E-state index >= 15 is 0 Å². The molecule has 2 aromatic rings. The predicted molar refractivity (Wildman–Crippen MR) is 65.5 cm³/mol. The lowest BCUT2D eigenvalue weighted by Crippen LogP contribution is -2.39. The number of aliphatic imine (C=N–C) groups is 1. The minimum Gasteiger partial charge on any atom is -0.325 e.